The number of amides is 1. The zero-order valence-corrected chi connectivity index (χ0v) is 9.88. The van der Waals surface area contributed by atoms with Crippen molar-refractivity contribution in [1.82, 2.24) is 5.32 Å². The molecule has 1 atom stereocenters. The molecular formula is C11H20N2O3. The van der Waals surface area contributed by atoms with E-state index >= 15 is 0 Å². The number of nitrogens with two attached hydrogens (primary N) is 1. The van der Waals surface area contributed by atoms with E-state index in [1.807, 2.05) is 0 Å². The summed E-state index contributed by atoms with van der Waals surface area (Å²) in [4.78, 5) is 23.1. The number of carbonyl (C=O) groups excluding carboxylic acids is 1. The van der Waals surface area contributed by atoms with Gasteiger partial charge in [-0.15, -0.1) is 0 Å². The Hall–Kier alpha value is -1.10. The summed E-state index contributed by atoms with van der Waals surface area (Å²) in [5, 5.41) is 11.7. The van der Waals surface area contributed by atoms with Crippen LogP contribution in [0.2, 0.25) is 0 Å². The average molecular weight is 228 g/mol. The molecule has 16 heavy (non-hydrogen) atoms. The van der Waals surface area contributed by atoms with Crippen molar-refractivity contribution >= 4 is 11.9 Å². The largest absolute Gasteiger partial charge is 0.480 e. The average Bonchev–Trinajstić information content (AvgIpc) is 2.16. The van der Waals surface area contributed by atoms with Crippen LogP contribution in [-0.4, -0.2) is 29.1 Å². The number of hydrogen-bond acceptors (Lipinski definition) is 3. The normalized spacial score (nSPS) is 21.7. The summed E-state index contributed by atoms with van der Waals surface area (Å²) in [5.41, 5.74) is 3.89. The maximum atomic E-state index is 12.0. The molecule has 92 valence electrons. The number of hydrogen-bond donors (Lipinski definition) is 3. The molecule has 5 heteroatoms. The smallest absolute Gasteiger partial charge is 0.329 e. The van der Waals surface area contributed by atoms with Gasteiger partial charge >= 0.3 is 5.97 Å². The lowest BCUT2D eigenvalue weighted by atomic mass is 9.68. The summed E-state index contributed by atoms with van der Waals surface area (Å²) in [5.74, 6) is -1.22. The molecule has 1 unspecified atom stereocenters. The van der Waals surface area contributed by atoms with Gasteiger partial charge in [0.05, 0.1) is 5.41 Å². The molecule has 0 aliphatic heterocycles. The molecule has 4 N–H and O–H groups in total. The number of nitrogens with one attached hydrogen (secondary N) is 1. The molecule has 0 aromatic heterocycles. The van der Waals surface area contributed by atoms with Gasteiger partial charge in [0.2, 0.25) is 5.91 Å². The molecule has 0 heterocycles. The molecule has 0 radical (unpaired) electrons. The molecule has 5 nitrogen and oxygen atoms in total. The molecule has 1 aliphatic carbocycles. The summed E-state index contributed by atoms with van der Waals surface area (Å²) < 4.78 is 0. The molecule has 1 amide bonds. The predicted molar refractivity (Wildman–Crippen MR) is 59.8 cm³/mol. The second-order valence-electron chi connectivity index (χ2n) is 4.78. The third-order valence-corrected chi connectivity index (χ3v) is 3.75. The Labute approximate surface area is 95.4 Å². The molecular weight excluding hydrogens is 208 g/mol. The minimum absolute atomic E-state index is 0.215. The minimum Gasteiger partial charge on any atom is -0.480 e. The van der Waals surface area contributed by atoms with Crippen molar-refractivity contribution in [1.29, 1.82) is 0 Å². The molecule has 0 saturated heterocycles. The Morgan fingerprint density at radius 2 is 2.06 bits per heavy atom. The van der Waals surface area contributed by atoms with Crippen LogP contribution in [0.25, 0.3) is 0 Å². The highest BCUT2D eigenvalue weighted by Gasteiger charge is 2.46. The molecule has 1 fully saturated rings. The van der Waals surface area contributed by atoms with E-state index < -0.39 is 16.9 Å². The third kappa shape index (κ3) is 2.04. The Bertz CT molecular complexity index is 294. The van der Waals surface area contributed by atoms with Crippen LogP contribution in [0.3, 0.4) is 0 Å². The van der Waals surface area contributed by atoms with E-state index in [9.17, 15) is 9.59 Å². The monoisotopic (exact) mass is 228 g/mol. The van der Waals surface area contributed by atoms with E-state index in [0.29, 0.717) is 6.42 Å². The first-order valence-corrected chi connectivity index (χ1v) is 5.66. The van der Waals surface area contributed by atoms with Gasteiger partial charge in [0.15, 0.2) is 0 Å². The molecule has 1 aliphatic rings. The van der Waals surface area contributed by atoms with Crippen LogP contribution in [-0.2, 0) is 9.59 Å². The first kappa shape index (κ1) is 13.0. The van der Waals surface area contributed by atoms with Crippen LogP contribution in [0.4, 0.5) is 0 Å². The van der Waals surface area contributed by atoms with Crippen molar-refractivity contribution in [3.05, 3.63) is 0 Å². The van der Waals surface area contributed by atoms with Crippen LogP contribution in [0.1, 0.15) is 39.5 Å². The SMILES string of the molecule is CCC(C)(NC(=O)C1(CN)CCC1)C(=O)O. The van der Waals surface area contributed by atoms with E-state index in [2.05, 4.69) is 5.32 Å². The molecule has 1 rings (SSSR count). The highest BCUT2D eigenvalue weighted by molar-refractivity contribution is 5.90. The van der Waals surface area contributed by atoms with Gasteiger partial charge in [-0.1, -0.05) is 13.3 Å². The molecule has 0 aromatic rings. The standard InChI is InChI=1S/C11H20N2O3/c1-3-10(2,9(15)16)13-8(14)11(7-12)5-4-6-11/h3-7,12H2,1-2H3,(H,13,14)(H,15,16). The van der Waals surface area contributed by atoms with Crippen molar-refractivity contribution < 1.29 is 14.7 Å². The number of carboxylic acids is 1. The van der Waals surface area contributed by atoms with Crippen LogP contribution in [0.5, 0.6) is 0 Å². The van der Waals surface area contributed by atoms with Crippen molar-refractivity contribution in [2.75, 3.05) is 6.54 Å². The fourth-order valence-electron chi connectivity index (χ4n) is 1.80. The summed E-state index contributed by atoms with van der Waals surface area (Å²) in [6, 6.07) is 0. The van der Waals surface area contributed by atoms with Gasteiger partial charge in [-0.3, -0.25) is 4.79 Å². The van der Waals surface area contributed by atoms with Crippen LogP contribution < -0.4 is 11.1 Å². The van der Waals surface area contributed by atoms with E-state index in [1.165, 1.54) is 6.92 Å². The molecule has 0 spiro atoms. The second-order valence-corrected chi connectivity index (χ2v) is 4.78. The molecule has 0 bridgehead atoms. The quantitative estimate of drug-likeness (QED) is 0.638. The maximum absolute atomic E-state index is 12.0. The Kier molecular flexibility index (Phi) is 3.57. The van der Waals surface area contributed by atoms with E-state index in [-0.39, 0.29) is 12.5 Å². The molecule has 1 saturated carbocycles. The number of aliphatic carboxylic acids is 1. The summed E-state index contributed by atoms with van der Waals surface area (Å²) in [6.45, 7) is 3.55. The highest BCUT2D eigenvalue weighted by atomic mass is 16.4. The topological polar surface area (TPSA) is 92.4 Å². The van der Waals surface area contributed by atoms with Crippen molar-refractivity contribution in [2.24, 2.45) is 11.1 Å². The van der Waals surface area contributed by atoms with Gasteiger partial charge in [0, 0.05) is 6.54 Å². The lowest BCUT2D eigenvalue weighted by molar-refractivity contribution is -0.150. The predicted octanol–water partition coefficient (Wildman–Crippen LogP) is 0.485. The van der Waals surface area contributed by atoms with Crippen LogP contribution in [0, 0.1) is 5.41 Å². The first-order chi connectivity index (χ1) is 7.40. The highest BCUT2D eigenvalue weighted by Crippen LogP contribution is 2.40. The van der Waals surface area contributed by atoms with Crippen molar-refractivity contribution in [2.45, 2.75) is 45.1 Å². The van der Waals surface area contributed by atoms with E-state index in [1.54, 1.807) is 6.92 Å². The Morgan fingerprint density at radius 1 is 1.50 bits per heavy atom. The fourth-order valence-corrected chi connectivity index (χ4v) is 1.80. The van der Waals surface area contributed by atoms with Gasteiger partial charge in [-0.2, -0.15) is 0 Å². The number of carboxylic acid groups (broad SMARTS) is 1. The second kappa shape index (κ2) is 4.41. The third-order valence-electron chi connectivity index (χ3n) is 3.75. The Balaban J connectivity index is 2.73. The Morgan fingerprint density at radius 3 is 2.31 bits per heavy atom. The number of rotatable bonds is 5. The number of carbonyl (C=O) groups is 2. The zero-order valence-electron chi connectivity index (χ0n) is 9.88. The summed E-state index contributed by atoms with van der Waals surface area (Å²) in [6.07, 6.45) is 2.86. The van der Waals surface area contributed by atoms with Gasteiger partial charge < -0.3 is 16.2 Å². The van der Waals surface area contributed by atoms with Crippen LogP contribution in [0.15, 0.2) is 0 Å². The summed E-state index contributed by atoms with van der Waals surface area (Å²) in [7, 11) is 0. The maximum Gasteiger partial charge on any atom is 0.329 e. The van der Waals surface area contributed by atoms with Crippen LogP contribution >= 0.6 is 0 Å². The lowest BCUT2D eigenvalue weighted by Gasteiger charge is -2.41. The van der Waals surface area contributed by atoms with Gasteiger partial charge in [-0.05, 0) is 26.2 Å². The zero-order chi connectivity index (χ0) is 12.4. The van der Waals surface area contributed by atoms with Gasteiger partial charge in [0.25, 0.3) is 0 Å². The van der Waals surface area contributed by atoms with E-state index in [0.717, 1.165) is 19.3 Å². The summed E-state index contributed by atoms with van der Waals surface area (Å²) >= 11 is 0. The van der Waals surface area contributed by atoms with Gasteiger partial charge in [0.1, 0.15) is 5.54 Å². The molecule has 0 aromatic carbocycles. The minimum atomic E-state index is -1.19. The van der Waals surface area contributed by atoms with Crippen molar-refractivity contribution in [3.8, 4) is 0 Å². The van der Waals surface area contributed by atoms with E-state index in [4.69, 9.17) is 10.8 Å². The van der Waals surface area contributed by atoms with Gasteiger partial charge in [-0.25, -0.2) is 4.79 Å². The lowest BCUT2D eigenvalue weighted by Crippen LogP contribution is -2.59. The van der Waals surface area contributed by atoms with Crippen molar-refractivity contribution in [3.63, 3.8) is 0 Å². The first-order valence-electron chi connectivity index (χ1n) is 5.66. The fraction of sp³-hybridized carbons (Fsp3) is 0.818.